The maximum Gasteiger partial charge on any atom is 0.320 e. The summed E-state index contributed by atoms with van der Waals surface area (Å²) in [7, 11) is 0. The highest BCUT2D eigenvalue weighted by Crippen LogP contribution is 2.25. The second kappa shape index (κ2) is 7.18. The van der Waals surface area contributed by atoms with Gasteiger partial charge in [0.15, 0.2) is 17.5 Å². The first kappa shape index (κ1) is 17.3. The van der Waals surface area contributed by atoms with Gasteiger partial charge in [-0.3, -0.25) is 15.2 Å². The lowest BCUT2D eigenvalue weighted by molar-refractivity contribution is -0.114. The summed E-state index contributed by atoms with van der Waals surface area (Å²) in [6, 6.07) is 8.52. The molecule has 0 spiro atoms. The lowest BCUT2D eigenvalue weighted by Gasteiger charge is -2.15. The van der Waals surface area contributed by atoms with E-state index in [-0.39, 0.29) is 29.1 Å². The minimum atomic E-state index is -0.769. The number of rotatable bonds is 4. The maximum absolute atomic E-state index is 14.6. The van der Waals surface area contributed by atoms with E-state index in [1.165, 1.54) is 13.1 Å². The van der Waals surface area contributed by atoms with Gasteiger partial charge in [-0.2, -0.15) is 5.10 Å². The summed E-state index contributed by atoms with van der Waals surface area (Å²) in [5.41, 5.74) is 0.954. The average molecular weight is 356 g/mol. The number of nitrogens with one attached hydrogen (secondary N) is 4. The van der Waals surface area contributed by atoms with Crippen molar-refractivity contribution in [2.75, 3.05) is 10.6 Å². The SMILES string of the molecule is CC(=O)Nc1n[nH]c2c(F)c(NC(=O)N[C@H](C)c3ccccc3)ncc12. The highest BCUT2D eigenvalue weighted by molar-refractivity contribution is 6.00. The minimum Gasteiger partial charge on any atom is -0.331 e. The van der Waals surface area contributed by atoms with E-state index in [1.54, 1.807) is 0 Å². The second-order valence-corrected chi connectivity index (χ2v) is 5.69. The molecule has 0 unspecified atom stereocenters. The third-order valence-corrected chi connectivity index (χ3v) is 3.73. The van der Waals surface area contributed by atoms with Gasteiger partial charge in [0.1, 0.15) is 5.52 Å². The van der Waals surface area contributed by atoms with Crippen LogP contribution < -0.4 is 16.0 Å². The van der Waals surface area contributed by atoms with Crippen molar-refractivity contribution >= 4 is 34.5 Å². The number of aromatic amines is 1. The highest BCUT2D eigenvalue weighted by Gasteiger charge is 2.17. The van der Waals surface area contributed by atoms with Crippen molar-refractivity contribution in [3.05, 3.63) is 47.9 Å². The number of aromatic nitrogens is 3. The van der Waals surface area contributed by atoms with E-state index in [2.05, 4.69) is 31.1 Å². The number of fused-ring (bicyclic) bond motifs is 1. The summed E-state index contributed by atoms with van der Waals surface area (Å²) in [6.07, 6.45) is 1.32. The smallest absolute Gasteiger partial charge is 0.320 e. The lowest BCUT2D eigenvalue weighted by Crippen LogP contribution is -2.31. The van der Waals surface area contributed by atoms with Crippen LogP contribution in [0.4, 0.5) is 20.8 Å². The van der Waals surface area contributed by atoms with Gasteiger partial charge in [0, 0.05) is 13.1 Å². The zero-order chi connectivity index (χ0) is 18.7. The molecule has 1 atom stereocenters. The molecule has 0 aliphatic heterocycles. The molecule has 3 amide bonds. The monoisotopic (exact) mass is 356 g/mol. The predicted molar refractivity (Wildman–Crippen MR) is 95.2 cm³/mol. The van der Waals surface area contributed by atoms with Crippen LogP contribution in [0.25, 0.3) is 10.9 Å². The number of carbonyl (C=O) groups excluding carboxylic acids is 2. The zero-order valence-corrected chi connectivity index (χ0v) is 14.1. The Bertz CT molecular complexity index is 957. The molecule has 0 saturated carbocycles. The van der Waals surface area contributed by atoms with E-state index >= 15 is 0 Å². The molecule has 0 saturated heterocycles. The Morgan fingerprint density at radius 3 is 2.58 bits per heavy atom. The fourth-order valence-corrected chi connectivity index (χ4v) is 2.46. The van der Waals surface area contributed by atoms with Gasteiger partial charge in [0.05, 0.1) is 11.4 Å². The molecule has 4 N–H and O–H groups in total. The fraction of sp³-hybridized carbons (Fsp3) is 0.176. The Labute approximate surface area is 148 Å². The van der Waals surface area contributed by atoms with Crippen molar-refractivity contribution in [2.24, 2.45) is 0 Å². The van der Waals surface area contributed by atoms with Crippen LogP contribution in [0.15, 0.2) is 36.5 Å². The van der Waals surface area contributed by atoms with E-state index in [0.29, 0.717) is 5.39 Å². The van der Waals surface area contributed by atoms with Gasteiger partial charge >= 0.3 is 6.03 Å². The van der Waals surface area contributed by atoms with E-state index in [4.69, 9.17) is 0 Å². The average Bonchev–Trinajstić information content (AvgIpc) is 3.01. The van der Waals surface area contributed by atoms with Crippen LogP contribution in [-0.2, 0) is 4.79 Å². The van der Waals surface area contributed by atoms with Gasteiger partial charge in [-0.05, 0) is 12.5 Å². The van der Waals surface area contributed by atoms with Gasteiger partial charge in [-0.1, -0.05) is 30.3 Å². The molecule has 3 rings (SSSR count). The first-order chi connectivity index (χ1) is 12.5. The Balaban J connectivity index is 1.75. The van der Waals surface area contributed by atoms with Gasteiger partial charge in [0.25, 0.3) is 0 Å². The van der Waals surface area contributed by atoms with Crippen LogP contribution >= 0.6 is 0 Å². The Morgan fingerprint density at radius 1 is 1.15 bits per heavy atom. The van der Waals surface area contributed by atoms with Crippen molar-refractivity contribution < 1.29 is 14.0 Å². The summed E-state index contributed by atoms with van der Waals surface area (Å²) >= 11 is 0. The molecule has 1 aromatic carbocycles. The molecule has 8 nitrogen and oxygen atoms in total. The van der Waals surface area contributed by atoms with Crippen molar-refractivity contribution in [3.63, 3.8) is 0 Å². The maximum atomic E-state index is 14.6. The standard InChI is InChI=1S/C17H17FN6O2/c1-9(11-6-4-3-5-7-11)20-17(26)22-16-13(18)14-12(8-19-16)15(24-23-14)21-10(2)25/h3-9H,1-2H3,(H2,19,20,22,26)(H2,21,23,24,25)/t9-/m1/s1. The molecule has 3 aromatic rings. The van der Waals surface area contributed by atoms with E-state index in [1.807, 2.05) is 37.3 Å². The number of pyridine rings is 1. The van der Waals surface area contributed by atoms with E-state index in [9.17, 15) is 14.0 Å². The molecular weight excluding hydrogens is 339 g/mol. The molecule has 0 bridgehead atoms. The third-order valence-electron chi connectivity index (χ3n) is 3.73. The molecule has 0 radical (unpaired) electrons. The summed E-state index contributed by atoms with van der Waals surface area (Å²) in [5.74, 6) is -1.18. The highest BCUT2D eigenvalue weighted by atomic mass is 19.1. The Morgan fingerprint density at radius 2 is 1.88 bits per heavy atom. The number of anilines is 2. The van der Waals surface area contributed by atoms with Crippen LogP contribution in [-0.4, -0.2) is 27.1 Å². The number of benzene rings is 1. The summed E-state index contributed by atoms with van der Waals surface area (Å²) in [6.45, 7) is 3.13. The quantitative estimate of drug-likeness (QED) is 0.576. The van der Waals surface area contributed by atoms with Gasteiger partial charge in [-0.15, -0.1) is 0 Å². The summed E-state index contributed by atoms with van der Waals surface area (Å²) in [5, 5.41) is 14.2. The number of carbonyl (C=O) groups is 2. The Hall–Kier alpha value is -3.49. The summed E-state index contributed by atoms with van der Waals surface area (Å²) < 4.78 is 14.6. The lowest BCUT2D eigenvalue weighted by atomic mass is 10.1. The van der Waals surface area contributed by atoms with E-state index in [0.717, 1.165) is 5.56 Å². The second-order valence-electron chi connectivity index (χ2n) is 5.69. The molecule has 26 heavy (non-hydrogen) atoms. The fourth-order valence-electron chi connectivity index (χ4n) is 2.46. The molecule has 2 aromatic heterocycles. The van der Waals surface area contributed by atoms with Crippen LogP contribution in [0, 0.1) is 5.82 Å². The number of hydrogen-bond acceptors (Lipinski definition) is 4. The molecular formula is C17H17FN6O2. The number of amides is 3. The Kier molecular flexibility index (Phi) is 4.78. The van der Waals surface area contributed by atoms with Crippen LogP contribution in [0.5, 0.6) is 0 Å². The zero-order valence-electron chi connectivity index (χ0n) is 14.1. The van der Waals surface area contributed by atoms with Crippen LogP contribution in [0.3, 0.4) is 0 Å². The minimum absolute atomic E-state index is 0.0372. The number of nitrogens with zero attached hydrogens (tertiary/aromatic N) is 2. The number of hydrogen-bond donors (Lipinski definition) is 4. The van der Waals surface area contributed by atoms with Crippen molar-refractivity contribution in [1.29, 1.82) is 0 Å². The number of halogens is 1. The molecule has 0 aliphatic rings. The molecule has 2 heterocycles. The first-order valence-electron chi connectivity index (χ1n) is 7.88. The van der Waals surface area contributed by atoms with Crippen molar-refractivity contribution in [3.8, 4) is 0 Å². The topological polar surface area (TPSA) is 112 Å². The van der Waals surface area contributed by atoms with Gasteiger partial charge in [0.2, 0.25) is 5.91 Å². The molecule has 9 heteroatoms. The normalized spacial score (nSPS) is 11.8. The predicted octanol–water partition coefficient (Wildman–Crippen LogP) is 2.94. The van der Waals surface area contributed by atoms with Crippen molar-refractivity contribution in [1.82, 2.24) is 20.5 Å². The van der Waals surface area contributed by atoms with Crippen LogP contribution in [0.1, 0.15) is 25.5 Å². The van der Waals surface area contributed by atoms with Gasteiger partial charge < -0.3 is 10.6 Å². The van der Waals surface area contributed by atoms with E-state index < -0.39 is 11.8 Å². The molecule has 0 aliphatic carbocycles. The first-order valence-corrected chi connectivity index (χ1v) is 7.88. The van der Waals surface area contributed by atoms with Crippen LogP contribution in [0.2, 0.25) is 0 Å². The third kappa shape index (κ3) is 3.61. The number of H-pyrrole nitrogens is 1. The summed E-state index contributed by atoms with van der Waals surface area (Å²) in [4.78, 5) is 27.2. The molecule has 0 fully saturated rings. The van der Waals surface area contributed by atoms with Gasteiger partial charge in [-0.25, -0.2) is 14.2 Å². The van der Waals surface area contributed by atoms with Crippen molar-refractivity contribution in [2.45, 2.75) is 19.9 Å². The molecule has 134 valence electrons. The largest absolute Gasteiger partial charge is 0.331 e. The number of urea groups is 1.